The number of rotatable bonds is 4. The predicted molar refractivity (Wildman–Crippen MR) is 119 cm³/mol. The summed E-state index contributed by atoms with van der Waals surface area (Å²) in [6.07, 6.45) is 0.188. The largest absolute Gasteiger partial charge is 0.460 e. The van der Waals surface area contributed by atoms with Crippen molar-refractivity contribution >= 4 is 35.5 Å². The van der Waals surface area contributed by atoms with Crippen molar-refractivity contribution in [3.63, 3.8) is 0 Å². The van der Waals surface area contributed by atoms with Crippen molar-refractivity contribution in [1.29, 1.82) is 0 Å². The number of carbonyl (C=O) groups is 1. The van der Waals surface area contributed by atoms with Gasteiger partial charge in [0.1, 0.15) is 5.82 Å². The van der Waals surface area contributed by atoms with E-state index in [1.807, 2.05) is 0 Å². The zero-order valence-corrected chi connectivity index (χ0v) is 19.7. The molecule has 1 aliphatic rings. The molecule has 0 aliphatic carbocycles. The van der Waals surface area contributed by atoms with Crippen LogP contribution in [0.3, 0.4) is 0 Å². The van der Waals surface area contributed by atoms with Crippen LogP contribution in [0.5, 0.6) is 0 Å². The van der Waals surface area contributed by atoms with Gasteiger partial charge >= 0.3 is 17.3 Å². The fraction of sp³-hybridized carbons (Fsp3) is 0.450. The van der Waals surface area contributed by atoms with Crippen LogP contribution in [-0.4, -0.2) is 37.1 Å². The molecule has 0 fully saturated rings. The van der Waals surface area contributed by atoms with E-state index in [-0.39, 0.29) is 40.0 Å². The summed E-state index contributed by atoms with van der Waals surface area (Å²) < 4.78 is 22.8. The molecule has 0 amide bonds. The Morgan fingerprint density at radius 1 is 1.28 bits per heavy atom. The highest BCUT2D eigenvalue weighted by Gasteiger charge is 2.41. The maximum absolute atomic E-state index is 14.8. The van der Waals surface area contributed by atoms with Gasteiger partial charge in [0.15, 0.2) is 4.77 Å². The molecule has 0 saturated carbocycles. The number of hydrogen-bond donors (Lipinski definition) is 0. The summed E-state index contributed by atoms with van der Waals surface area (Å²) >= 11 is 11.3. The van der Waals surface area contributed by atoms with Gasteiger partial charge in [-0.2, -0.15) is 0 Å². The molecule has 9 nitrogen and oxygen atoms in total. The van der Waals surface area contributed by atoms with Gasteiger partial charge in [-0.1, -0.05) is 16.8 Å². The van der Waals surface area contributed by atoms with Gasteiger partial charge in [0, 0.05) is 26.1 Å². The van der Waals surface area contributed by atoms with Crippen LogP contribution in [0.4, 0.5) is 4.39 Å². The second kappa shape index (κ2) is 8.62. The summed E-state index contributed by atoms with van der Waals surface area (Å²) in [7, 11) is 2.76. The third-order valence-electron chi connectivity index (χ3n) is 5.09. The third-order valence-corrected chi connectivity index (χ3v) is 5.95. The topological polar surface area (TPSA) is 96.8 Å². The minimum atomic E-state index is -1.27. The SMILES string of the molecule is CC(C)OC(=O)C1(C)CCC(c2cc(-n3c(=O)n(C)c(=S)n(C)c3=O)c(F)cc2Cl)=NO1. The maximum Gasteiger partial charge on any atom is 0.353 e. The Hall–Kier alpha value is -2.79. The summed E-state index contributed by atoms with van der Waals surface area (Å²) in [5.74, 6) is -1.43. The lowest BCUT2D eigenvalue weighted by atomic mass is 9.94. The molecule has 0 N–H and O–H groups in total. The quantitative estimate of drug-likeness (QED) is 0.489. The van der Waals surface area contributed by atoms with Gasteiger partial charge in [-0.15, -0.1) is 0 Å². The Morgan fingerprint density at radius 2 is 1.88 bits per heavy atom. The monoisotopic (exact) mass is 484 g/mol. The van der Waals surface area contributed by atoms with Gasteiger partial charge in [0.05, 0.1) is 22.5 Å². The van der Waals surface area contributed by atoms with Crippen molar-refractivity contribution in [3.8, 4) is 5.69 Å². The van der Waals surface area contributed by atoms with E-state index in [4.69, 9.17) is 33.4 Å². The van der Waals surface area contributed by atoms with Gasteiger partial charge in [-0.25, -0.2) is 23.3 Å². The lowest BCUT2D eigenvalue weighted by molar-refractivity contribution is -0.176. The number of esters is 1. The van der Waals surface area contributed by atoms with Crippen molar-refractivity contribution in [2.75, 3.05) is 0 Å². The first-order valence-electron chi connectivity index (χ1n) is 9.72. The highest BCUT2D eigenvalue weighted by atomic mass is 35.5. The number of oxime groups is 1. The molecule has 1 aromatic carbocycles. The molecular weight excluding hydrogens is 463 g/mol. The molecule has 0 spiro atoms. The van der Waals surface area contributed by atoms with Crippen molar-refractivity contribution < 1.29 is 18.8 Å². The zero-order valence-electron chi connectivity index (χ0n) is 18.1. The summed E-state index contributed by atoms with van der Waals surface area (Å²) in [6, 6.07) is 2.24. The fourth-order valence-electron chi connectivity index (χ4n) is 3.17. The second-order valence-corrected chi connectivity index (χ2v) is 8.67. The van der Waals surface area contributed by atoms with E-state index in [1.165, 1.54) is 20.2 Å². The van der Waals surface area contributed by atoms with Gasteiger partial charge in [-0.3, -0.25) is 9.13 Å². The number of hydrogen-bond acceptors (Lipinski definition) is 7. The van der Waals surface area contributed by atoms with Crippen LogP contribution in [0, 0.1) is 10.6 Å². The molecule has 2 heterocycles. The summed E-state index contributed by atoms with van der Waals surface area (Å²) in [5.41, 5.74) is -2.60. The number of carbonyl (C=O) groups excluding carboxylic acids is 1. The molecule has 1 unspecified atom stereocenters. The zero-order chi connectivity index (χ0) is 24.0. The Morgan fingerprint density at radius 3 is 2.38 bits per heavy atom. The van der Waals surface area contributed by atoms with E-state index in [0.717, 1.165) is 15.2 Å². The standard InChI is InChI=1S/C20H22ClFN4O5S/c1-10(2)30-16(27)20(3)7-6-14(23-31-20)11-8-15(13(22)9-12(11)21)26-17(28)24(4)19(32)25(5)18(26)29/h8-10H,6-7H2,1-5H3. The Balaban J connectivity index is 2.09. The van der Waals surface area contributed by atoms with E-state index in [0.29, 0.717) is 10.3 Å². The molecule has 2 aromatic rings. The predicted octanol–water partition coefficient (Wildman–Crippen LogP) is 2.62. The molecule has 3 rings (SSSR count). The molecule has 172 valence electrons. The molecule has 32 heavy (non-hydrogen) atoms. The van der Waals surface area contributed by atoms with Gasteiger partial charge in [0.2, 0.25) is 5.60 Å². The molecule has 1 aromatic heterocycles. The normalized spacial score (nSPS) is 18.3. The Bertz CT molecular complexity index is 1270. The smallest absolute Gasteiger partial charge is 0.353 e. The molecule has 0 bridgehead atoms. The van der Waals surface area contributed by atoms with Gasteiger partial charge in [-0.05, 0) is 51.5 Å². The van der Waals surface area contributed by atoms with E-state index in [1.54, 1.807) is 20.8 Å². The second-order valence-electron chi connectivity index (χ2n) is 7.90. The number of nitrogens with zero attached hydrogens (tertiary/aromatic N) is 4. The fourth-order valence-corrected chi connectivity index (χ4v) is 3.59. The molecule has 0 saturated heterocycles. The summed E-state index contributed by atoms with van der Waals surface area (Å²) in [5, 5.41) is 4.03. The van der Waals surface area contributed by atoms with Crippen molar-refractivity contribution in [2.24, 2.45) is 19.3 Å². The minimum absolute atomic E-state index is 0.0103. The molecular formula is C20H22ClFN4O5S. The highest BCUT2D eigenvalue weighted by molar-refractivity contribution is 7.71. The molecule has 1 atom stereocenters. The van der Waals surface area contributed by atoms with E-state index in [2.05, 4.69) is 5.16 Å². The van der Waals surface area contributed by atoms with Crippen molar-refractivity contribution in [2.45, 2.75) is 45.3 Å². The first-order chi connectivity index (χ1) is 14.9. The van der Waals surface area contributed by atoms with Crippen molar-refractivity contribution in [3.05, 3.63) is 54.3 Å². The van der Waals surface area contributed by atoms with Crippen LogP contribution in [0.25, 0.3) is 5.69 Å². The third kappa shape index (κ3) is 4.14. The summed E-state index contributed by atoms with van der Waals surface area (Å²) in [6.45, 7) is 5.02. The van der Waals surface area contributed by atoms with E-state index in [9.17, 15) is 18.8 Å². The van der Waals surface area contributed by atoms with Gasteiger partial charge < -0.3 is 9.57 Å². The molecule has 0 radical (unpaired) electrons. The molecule has 12 heteroatoms. The van der Waals surface area contributed by atoms with E-state index < -0.39 is 28.8 Å². The number of ether oxygens (including phenoxy) is 1. The van der Waals surface area contributed by atoms with Crippen LogP contribution in [-0.2, 0) is 28.5 Å². The first-order valence-corrected chi connectivity index (χ1v) is 10.5. The van der Waals surface area contributed by atoms with Crippen LogP contribution < -0.4 is 11.4 Å². The lowest BCUT2D eigenvalue weighted by Gasteiger charge is -2.30. The first kappa shape index (κ1) is 23.9. The van der Waals surface area contributed by atoms with Crippen LogP contribution >= 0.6 is 23.8 Å². The lowest BCUT2D eigenvalue weighted by Crippen LogP contribution is -2.44. The Kier molecular flexibility index (Phi) is 6.43. The average Bonchev–Trinajstić information content (AvgIpc) is 2.72. The van der Waals surface area contributed by atoms with E-state index >= 15 is 0 Å². The average molecular weight is 485 g/mol. The highest BCUT2D eigenvalue weighted by Crippen LogP contribution is 2.31. The van der Waals surface area contributed by atoms with Gasteiger partial charge in [0.25, 0.3) is 0 Å². The van der Waals surface area contributed by atoms with Crippen molar-refractivity contribution in [1.82, 2.24) is 13.7 Å². The Labute approximate surface area is 192 Å². The molecule has 1 aliphatic heterocycles. The number of halogens is 2. The maximum atomic E-state index is 14.8. The van der Waals surface area contributed by atoms with Crippen LogP contribution in [0.2, 0.25) is 5.02 Å². The number of aromatic nitrogens is 3. The van der Waals surface area contributed by atoms with Crippen LogP contribution in [0.15, 0.2) is 26.9 Å². The summed E-state index contributed by atoms with van der Waals surface area (Å²) in [4.78, 5) is 43.1. The minimum Gasteiger partial charge on any atom is -0.460 e. The van der Waals surface area contributed by atoms with Crippen LogP contribution in [0.1, 0.15) is 39.2 Å². The number of benzene rings is 1.